The van der Waals surface area contributed by atoms with Crippen LogP contribution in [0.1, 0.15) is 5.69 Å². The molecule has 26 heavy (non-hydrogen) atoms. The molecule has 0 spiro atoms. The first-order valence-electron chi connectivity index (χ1n) is 8.45. The van der Waals surface area contributed by atoms with Crippen LogP contribution in [0.2, 0.25) is 0 Å². The first kappa shape index (κ1) is 16.1. The SMILES string of the molecule is Cc1ccc(-n2ccnc2-c2ccccc2OCCn2ccnc2)cn1. The fourth-order valence-corrected chi connectivity index (χ4v) is 2.77. The lowest BCUT2D eigenvalue weighted by atomic mass is 10.2. The van der Waals surface area contributed by atoms with Crippen molar-refractivity contribution in [1.29, 1.82) is 0 Å². The van der Waals surface area contributed by atoms with Crippen molar-refractivity contribution >= 4 is 0 Å². The molecule has 0 radical (unpaired) electrons. The Morgan fingerprint density at radius 3 is 2.73 bits per heavy atom. The summed E-state index contributed by atoms with van der Waals surface area (Å²) in [5.41, 5.74) is 2.90. The van der Waals surface area contributed by atoms with E-state index in [9.17, 15) is 0 Å². The minimum absolute atomic E-state index is 0.556. The van der Waals surface area contributed by atoms with Crippen LogP contribution in [0.15, 0.2) is 73.7 Å². The van der Waals surface area contributed by atoms with E-state index in [1.54, 1.807) is 18.7 Å². The average molecular weight is 345 g/mol. The number of imidazole rings is 2. The van der Waals surface area contributed by atoms with Crippen molar-refractivity contribution in [2.75, 3.05) is 6.61 Å². The molecular weight excluding hydrogens is 326 g/mol. The quantitative estimate of drug-likeness (QED) is 0.536. The van der Waals surface area contributed by atoms with Gasteiger partial charge in [0.25, 0.3) is 0 Å². The monoisotopic (exact) mass is 345 g/mol. The van der Waals surface area contributed by atoms with Crippen LogP contribution < -0.4 is 4.74 Å². The van der Waals surface area contributed by atoms with Gasteiger partial charge >= 0.3 is 0 Å². The van der Waals surface area contributed by atoms with Gasteiger partial charge in [0.2, 0.25) is 0 Å². The topological polar surface area (TPSA) is 57.8 Å². The number of hydrogen-bond donors (Lipinski definition) is 0. The van der Waals surface area contributed by atoms with Gasteiger partial charge in [-0.1, -0.05) is 12.1 Å². The molecule has 6 nitrogen and oxygen atoms in total. The Morgan fingerprint density at radius 1 is 1.00 bits per heavy atom. The molecule has 3 aromatic heterocycles. The van der Waals surface area contributed by atoms with Crippen LogP contribution in [-0.2, 0) is 6.54 Å². The molecule has 3 heterocycles. The van der Waals surface area contributed by atoms with Crippen LogP contribution in [0.4, 0.5) is 0 Å². The lowest BCUT2D eigenvalue weighted by molar-refractivity contribution is 0.299. The predicted molar refractivity (Wildman–Crippen MR) is 99.3 cm³/mol. The highest BCUT2D eigenvalue weighted by atomic mass is 16.5. The minimum atomic E-state index is 0.556. The number of pyridine rings is 1. The highest BCUT2D eigenvalue weighted by molar-refractivity contribution is 5.66. The van der Waals surface area contributed by atoms with Crippen molar-refractivity contribution in [3.05, 3.63) is 79.4 Å². The normalized spacial score (nSPS) is 10.8. The summed E-state index contributed by atoms with van der Waals surface area (Å²) >= 11 is 0. The van der Waals surface area contributed by atoms with Crippen molar-refractivity contribution < 1.29 is 4.74 Å². The van der Waals surface area contributed by atoms with Gasteiger partial charge in [-0.3, -0.25) is 9.55 Å². The van der Waals surface area contributed by atoms with Crippen molar-refractivity contribution in [3.63, 3.8) is 0 Å². The molecule has 1 aromatic carbocycles. The lowest BCUT2D eigenvalue weighted by Crippen LogP contribution is -2.07. The molecule has 0 fully saturated rings. The number of nitrogens with zero attached hydrogens (tertiary/aromatic N) is 5. The van der Waals surface area contributed by atoms with Gasteiger partial charge in [0.1, 0.15) is 18.2 Å². The minimum Gasteiger partial charge on any atom is -0.491 e. The van der Waals surface area contributed by atoms with Crippen LogP contribution in [0, 0.1) is 6.92 Å². The van der Waals surface area contributed by atoms with Crippen molar-refractivity contribution in [2.45, 2.75) is 13.5 Å². The third-order valence-corrected chi connectivity index (χ3v) is 4.11. The van der Waals surface area contributed by atoms with Gasteiger partial charge in [-0.25, -0.2) is 9.97 Å². The Bertz CT molecular complexity index is 974. The molecule has 0 saturated carbocycles. The standard InChI is InChI=1S/C20H19N5O/c1-16-6-7-17(14-23-16)25-11-9-22-20(25)18-4-2-3-5-19(18)26-13-12-24-10-8-21-15-24/h2-11,14-15H,12-13H2,1H3. The van der Waals surface area contributed by atoms with Gasteiger partial charge in [0.15, 0.2) is 0 Å². The number of para-hydroxylation sites is 1. The number of aromatic nitrogens is 5. The summed E-state index contributed by atoms with van der Waals surface area (Å²) in [5.74, 6) is 1.63. The van der Waals surface area contributed by atoms with Crippen LogP contribution in [0.5, 0.6) is 5.75 Å². The smallest absolute Gasteiger partial charge is 0.148 e. The summed E-state index contributed by atoms with van der Waals surface area (Å²) in [6, 6.07) is 12.0. The summed E-state index contributed by atoms with van der Waals surface area (Å²) in [7, 11) is 0. The van der Waals surface area contributed by atoms with E-state index in [0.717, 1.165) is 35.1 Å². The molecule has 0 amide bonds. The van der Waals surface area contributed by atoms with E-state index >= 15 is 0 Å². The second kappa shape index (κ2) is 7.23. The molecule has 0 atom stereocenters. The molecule has 4 aromatic rings. The predicted octanol–water partition coefficient (Wildman–Crippen LogP) is 3.52. The molecule has 0 aliphatic carbocycles. The van der Waals surface area contributed by atoms with E-state index in [4.69, 9.17) is 4.74 Å². The fourth-order valence-electron chi connectivity index (χ4n) is 2.77. The molecular formula is C20H19N5O. The number of benzene rings is 1. The van der Waals surface area contributed by atoms with Gasteiger partial charge in [-0.05, 0) is 31.2 Å². The Balaban J connectivity index is 1.60. The van der Waals surface area contributed by atoms with Crippen LogP contribution in [-0.4, -0.2) is 30.7 Å². The van der Waals surface area contributed by atoms with E-state index in [0.29, 0.717) is 6.61 Å². The van der Waals surface area contributed by atoms with Gasteiger partial charge in [-0.2, -0.15) is 0 Å². The zero-order valence-corrected chi connectivity index (χ0v) is 14.5. The number of rotatable bonds is 6. The Labute approximate surface area is 151 Å². The zero-order valence-electron chi connectivity index (χ0n) is 14.5. The summed E-state index contributed by atoms with van der Waals surface area (Å²) in [5, 5.41) is 0. The summed E-state index contributed by atoms with van der Waals surface area (Å²) in [6.45, 7) is 3.27. The van der Waals surface area contributed by atoms with E-state index in [1.807, 2.05) is 71.0 Å². The fraction of sp³-hybridized carbons (Fsp3) is 0.150. The van der Waals surface area contributed by atoms with E-state index in [2.05, 4.69) is 15.0 Å². The molecule has 4 rings (SSSR count). The third-order valence-electron chi connectivity index (χ3n) is 4.11. The van der Waals surface area contributed by atoms with E-state index in [1.165, 1.54) is 0 Å². The zero-order chi connectivity index (χ0) is 17.8. The first-order chi connectivity index (χ1) is 12.8. The Kier molecular flexibility index (Phi) is 4.47. The van der Waals surface area contributed by atoms with Gasteiger partial charge in [0.05, 0.1) is 30.3 Å². The third kappa shape index (κ3) is 3.35. The molecule has 0 aliphatic rings. The maximum Gasteiger partial charge on any atom is 0.148 e. The van der Waals surface area contributed by atoms with E-state index in [-0.39, 0.29) is 0 Å². The summed E-state index contributed by atoms with van der Waals surface area (Å²) < 4.78 is 10.0. The van der Waals surface area contributed by atoms with Crippen molar-refractivity contribution in [3.8, 4) is 22.8 Å². The van der Waals surface area contributed by atoms with Gasteiger partial charge < -0.3 is 9.30 Å². The Hall–Kier alpha value is -3.41. The molecule has 0 N–H and O–H groups in total. The highest BCUT2D eigenvalue weighted by Gasteiger charge is 2.13. The molecule has 0 bridgehead atoms. The van der Waals surface area contributed by atoms with Gasteiger partial charge in [0, 0.05) is 30.5 Å². The van der Waals surface area contributed by atoms with Crippen molar-refractivity contribution in [2.24, 2.45) is 0 Å². The maximum absolute atomic E-state index is 6.03. The van der Waals surface area contributed by atoms with Crippen molar-refractivity contribution in [1.82, 2.24) is 24.1 Å². The largest absolute Gasteiger partial charge is 0.491 e. The van der Waals surface area contributed by atoms with Crippen LogP contribution in [0.25, 0.3) is 17.1 Å². The first-order valence-corrected chi connectivity index (χ1v) is 8.45. The molecule has 0 unspecified atom stereocenters. The second-order valence-corrected chi connectivity index (χ2v) is 5.92. The molecule has 130 valence electrons. The van der Waals surface area contributed by atoms with Crippen LogP contribution in [0.3, 0.4) is 0 Å². The average Bonchev–Trinajstić information content (AvgIpc) is 3.35. The van der Waals surface area contributed by atoms with E-state index < -0.39 is 0 Å². The molecule has 0 saturated heterocycles. The second-order valence-electron chi connectivity index (χ2n) is 5.92. The molecule has 0 aliphatic heterocycles. The van der Waals surface area contributed by atoms with Crippen LogP contribution >= 0.6 is 0 Å². The lowest BCUT2D eigenvalue weighted by Gasteiger charge is -2.13. The number of aryl methyl sites for hydroxylation is 1. The number of hydrogen-bond acceptors (Lipinski definition) is 4. The summed E-state index contributed by atoms with van der Waals surface area (Å²) in [4.78, 5) is 13.0. The Morgan fingerprint density at radius 2 is 1.92 bits per heavy atom. The molecule has 6 heteroatoms. The summed E-state index contributed by atoms with van der Waals surface area (Å²) in [6.07, 6.45) is 11.0. The highest BCUT2D eigenvalue weighted by Crippen LogP contribution is 2.30. The van der Waals surface area contributed by atoms with Gasteiger partial charge in [-0.15, -0.1) is 0 Å². The maximum atomic E-state index is 6.03. The number of ether oxygens (including phenoxy) is 1.